The van der Waals surface area contributed by atoms with Gasteiger partial charge >= 0.3 is 0 Å². The first-order valence-corrected chi connectivity index (χ1v) is 6.10. The molecule has 0 bridgehead atoms. The van der Waals surface area contributed by atoms with Gasteiger partial charge in [-0.1, -0.05) is 0 Å². The average Bonchev–Trinajstić information content (AvgIpc) is 2.37. The number of hydrogen-bond acceptors (Lipinski definition) is 3. The number of amides is 1. The van der Waals surface area contributed by atoms with Crippen LogP contribution in [0.2, 0.25) is 0 Å². The molecule has 104 valence electrons. The summed E-state index contributed by atoms with van der Waals surface area (Å²) in [6.07, 6.45) is 0.898. The van der Waals surface area contributed by atoms with Crippen LogP contribution in [-0.2, 0) is 4.79 Å². The van der Waals surface area contributed by atoms with Gasteiger partial charge in [-0.05, 0) is 25.0 Å². The Hall–Kier alpha value is -1.69. The molecule has 4 nitrogen and oxygen atoms in total. The molecular formula is C13H15F2NO3. The maximum Gasteiger partial charge on any atom is 0.260 e. The summed E-state index contributed by atoms with van der Waals surface area (Å²) in [7, 11) is 0. The zero-order valence-corrected chi connectivity index (χ0v) is 10.3. The number of carbonyl (C=O) groups excluding carboxylic acids is 1. The Morgan fingerprint density at radius 1 is 1.47 bits per heavy atom. The van der Waals surface area contributed by atoms with E-state index in [9.17, 15) is 18.7 Å². The lowest BCUT2D eigenvalue weighted by atomic mass is 10.1. The van der Waals surface area contributed by atoms with E-state index < -0.39 is 17.7 Å². The lowest BCUT2D eigenvalue weighted by Gasteiger charge is -2.30. The van der Waals surface area contributed by atoms with E-state index in [2.05, 4.69) is 0 Å². The molecule has 1 amide bonds. The third kappa shape index (κ3) is 3.64. The van der Waals surface area contributed by atoms with Gasteiger partial charge in [0.1, 0.15) is 5.82 Å². The van der Waals surface area contributed by atoms with Crippen molar-refractivity contribution in [3.63, 3.8) is 0 Å². The fourth-order valence-corrected chi connectivity index (χ4v) is 2.00. The SMILES string of the molecule is O=C(COc1ccc(F)cc1F)N1CCC[C@H](O)C1. The fraction of sp³-hybridized carbons (Fsp3) is 0.462. The fourth-order valence-electron chi connectivity index (χ4n) is 2.00. The zero-order chi connectivity index (χ0) is 13.8. The molecule has 0 spiro atoms. The van der Waals surface area contributed by atoms with E-state index in [0.717, 1.165) is 18.6 Å². The van der Waals surface area contributed by atoms with Crippen LogP contribution in [0.25, 0.3) is 0 Å². The monoisotopic (exact) mass is 271 g/mol. The van der Waals surface area contributed by atoms with Gasteiger partial charge in [0, 0.05) is 19.2 Å². The average molecular weight is 271 g/mol. The van der Waals surface area contributed by atoms with Gasteiger partial charge < -0.3 is 14.7 Å². The number of β-amino-alcohol motifs (C(OH)–C–C–N with tert-alkyl or cyclic N) is 1. The number of hydrogen-bond donors (Lipinski definition) is 1. The second-order valence-electron chi connectivity index (χ2n) is 4.50. The number of aliphatic hydroxyl groups is 1. The predicted octanol–water partition coefficient (Wildman–Crippen LogP) is 1.33. The number of halogens is 2. The molecule has 1 saturated heterocycles. The standard InChI is InChI=1S/C13H15F2NO3/c14-9-3-4-12(11(15)6-9)19-8-13(18)16-5-1-2-10(17)7-16/h3-4,6,10,17H,1-2,5,7-8H2/t10-/m0/s1. The summed E-state index contributed by atoms with van der Waals surface area (Å²) in [6, 6.07) is 2.90. The molecule has 1 N–H and O–H groups in total. The van der Waals surface area contributed by atoms with Gasteiger partial charge in [0.25, 0.3) is 5.91 Å². The summed E-state index contributed by atoms with van der Waals surface area (Å²) in [5, 5.41) is 9.45. The predicted molar refractivity (Wildman–Crippen MR) is 63.7 cm³/mol. The van der Waals surface area contributed by atoms with Gasteiger partial charge in [-0.15, -0.1) is 0 Å². The number of benzene rings is 1. The summed E-state index contributed by atoms with van der Waals surface area (Å²) in [5.41, 5.74) is 0. The summed E-state index contributed by atoms with van der Waals surface area (Å²) >= 11 is 0. The van der Waals surface area contributed by atoms with Crippen molar-refractivity contribution in [1.82, 2.24) is 4.90 Å². The largest absolute Gasteiger partial charge is 0.481 e. The van der Waals surface area contributed by atoms with E-state index in [1.807, 2.05) is 0 Å². The molecule has 1 heterocycles. The molecule has 1 aromatic rings. The van der Waals surface area contributed by atoms with Crippen LogP contribution in [0, 0.1) is 11.6 Å². The minimum absolute atomic E-state index is 0.160. The Morgan fingerprint density at radius 3 is 2.95 bits per heavy atom. The van der Waals surface area contributed by atoms with Crippen LogP contribution in [-0.4, -0.2) is 41.7 Å². The van der Waals surface area contributed by atoms with E-state index in [1.165, 1.54) is 4.90 Å². The molecule has 1 aromatic carbocycles. The number of rotatable bonds is 3. The lowest BCUT2D eigenvalue weighted by molar-refractivity contribution is -0.136. The van der Waals surface area contributed by atoms with Gasteiger partial charge in [-0.3, -0.25) is 4.79 Å². The van der Waals surface area contributed by atoms with Crippen LogP contribution in [0.4, 0.5) is 8.78 Å². The van der Waals surface area contributed by atoms with Gasteiger partial charge in [-0.25, -0.2) is 8.78 Å². The molecular weight excluding hydrogens is 256 g/mol. The van der Waals surface area contributed by atoms with E-state index >= 15 is 0 Å². The summed E-state index contributed by atoms with van der Waals surface area (Å²) in [6.45, 7) is 0.508. The number of piperidine rings is 1. The van der Waals surface area contributed by atoms with Crippen molar-refractivity contribution < 1.29 is 23.4 Å². The first-order chi connectivity index (χ1) is 9.06. The Kier molecular flexibility index (Phi) is 4.31. The van der Waals surface area contributed by atoms with Crippen LogP contribution in [0.15, 0.2) is 18.2 Å². The lowest BCUT2D eigenvalue weighted by Crippen LogP contribution is -2.44. The quantitative estimate of drug-likeness (QED) is 0.902. The number of nitrogens with zero attached hydrogens (tertiary/aromatic N) is 1. The van der Waals surface area contributed by atoms with E-state index in [1.54, 1.807) is 0 Å². The number of aliphatic hydroxyl groups excluding tert-OH is 1. The minimum atomic E-state index is -0.841. The normalized spacial score (nSPS) is 19.3. The molecule has 19 heavy (non-hydrogen) atoms. The van der Waals surface area contributed by atoms with Crippen molar-refractivity contribution in [3.05, 3.63) is 29.8 Å². The first kappa shape index (κ1) is 13.7. The highest BCUT2D eigenvalue weighted by molar-refractivity contribution is 5.77. The summed E-state index contributed by atoms with van der Waals surface area (Å²) in [4.78, 5) is 13.3. The third-order valence-corrected chi connectivity index (χ3v) is 2.99. The second-order valence-corrected chi connectivity index (χ2v) is 4.50. The van der Waals surface area contributed by atoms with Gasteiger partial charge in [0.2, 0.25) is 0 Å². The molecule has 0 aliphatic carbocycles. The second kappa shape index (κ2) is 5.97. The molecule has 0 saturated carbocycles. The Bertz CT molecular complexity index is 467. The number of carbonyl (C=O) groups is 1. The highest BCUT2D eigenvalue weighted by Crippen LogP contribution is 2.18. The number of ether oxygens (including phenoxy) is 1. The molecule has 1 atom stereocenters. The topological polar surface area (TPSA) is 49.8 Å². The van der Waals surface area contributed by atoms with Crippen molar-refractivity contribution in [2.24, 2.45) is 0 Å². The van der Waals surface area contributed by atoms with Crippen molar-refractivity contribution in [1.29, 1.82) is 0 Å². The van der Waals surface area contributed by atoms with E-state index in [4.69, 9.17) is 4.74 Å². The molecule has 0 aromatic heterocycles. The minimum Gasteiger partial charge on any atom is -0.481 e. The highest BCUT2D eigenvalue weighted by Gasteiger charge is 2.22. The molecule has 2 rings (SSSR count). The van der Waals surface area contributed by atoms with Crippen LogP contribution in [0.3, 0.4) is 0 Å². The van der Waals surface area contributed by atoms with Crippen LogP contribution in [0.5, 0.6) is 5.75 Å². The van der Waals surface area contributed by atoms with Crippen LogP contribution >= 0.6 is 0 Å². The van der Waals surface area contributed by atoms with Crippen LogP contribution in [0.1, 0.15) is 12.8 Å². The first-order valence-electron chi connectivity index (χ1n) is 6.10. The molecule has 1 aliphatic heterocycles. The molecule has 6 heteroatoms. The van der Waals surface area contributed by atoms with Gasteiger partial charge in [-0.2, -0.15) is 0 Å². The van der Waals surface area contributed by atoms with Gasteiger partial charge in [0.05, 0.1) is 6.10 Å². The van der Waals surface area contributed by atoms with Crippen molar-refractivity contribution in [2.75, 3.05) is 19.7 Å². The van der Waals surface area contributed by atoms with Gasteiger partial charge in [0.15, 0.2) is 18.2 Å². The van der Waals surface area contributed by atoms with E-state index in [-0.39, 0.29) is 24.8 Å². The highest BCUT2D eigenvalue weighted by atomic mass is 19.1. The van der Waals surface area contributed by atoms with E-state index in [0.29, 0.717) is 19.0 Å². The molecule has 1 fully saturated rings. The zero-order valence-electron chi connectivity index (χ0n) is 10.3. The van der Waals surface area contributed by atoms with Crippen LogP contribution < -0.4 is 4.74 Å². The molecule has 0 radical (unpaired) electrons. The molecule has 1 aliphatic rings. The Morgan fingerprint density at radius 2 is 2.26 bits per heavy atom. The third-order valence-electron chi connectivity index (χ3n) is 2.99. The smallest absolute Gasteiger partial charge is 0.260 e. The summed E-state index contributed by atoms with van der Waals surface area (Å²) in [5.74, 6) is -2.02. The van der Waals surface area contributed by atoms with Crippen molar-refractivity contribution in [3.8, 4) is 5.75 Å². The Labute approximate surface area is 109 Å². The van der Waals surface area contributed by atoms with Crippen molar-refractivity contribution >= 4 is 5.91 Å². The Balaban J connectivity index is 1.89. The summed E-state index contributed by atoms with van der Waals surface area (Å²) < 4.78 is 31.0. The number of likely N-dealkylation sites (tertiary alicyclic amines) is 1. The molecule has 0 unspecified atom stereocenters. The maximum absolute atomic E-state index is 13.3. The maximum atomic E-state index is 13.3. The van der Waals surface area contributed by atoms with Crippen molar-refractivity contribution in [2.45, 2.75) is 18.9 Å².